The SMILES string of the molecule is CC1(C)CCC(CN2CCN(c3ccc(C(=O)NS(=O)(=O)c4ccc(NCc5cn(CCCCCNc6cccc7c6C(=O)N(C6CCC(=O)NC6=O)C7=O)nn5)c([N+](=O)[O-])c4)c(Oc4cnc5[nH]ccc5c4)c3)CC2)=C(c2ccc(Cl)cc2)C1. The number of pyridine rings is 1. The van der Waals surface area contributed by atoms with E-state index < -0.39 is 61.1 Å². The molecular weight excluding hydrogens is 1130 g/mol. The van der Waals surface area contributed by atoms with E-state index in [1.807, 2.05) is 18.2 Å². The lowest BCUT2D eigenvalue weighted by Gasteiger charge is -2.39. The van der Waals surface area contributed by atoms with E-state index in [-0.39, 0.29) is 52.9 Å². The molecule has 0 bridgehead atoms. The van der Waals surface area contributed by atoms with Gasteiger partial charge in [0, 0.05) is 92.3 Å². The zero-order chi connectivity index (χ0) is 59.6. The van der Waals surface area contributed by atoms with Gasteiger partial charge in [-0.25, -0.2) is 18.1 Å². The number of rotatable bonds is 21. The second kappa shape index (κ2) is 24.3. The number of hydrogen-bond donors (Lipinski definition) is 5. The maximum atomic E-state index is 14.1. The Balaban J connectivity index is 0.697. The highest BCUT2D eigenvalue weighted by Crippen LogP contribution is 2.44. The van der Waals surface area contributed by atoms with Crippen molar-refractivity contribution in [3.63, 3.8) is 0 Å². The van der Waals surface area contributed by atoms with Crippen molar-refractivity contribution in [3.8, 4) is 11.5 Å². The number of amides is 5. The maximum absolute atomic E-state index is 14.1. The first-order valence-electron chi connectivity index (χ1n) is 28.1. The highest BCUT2D eigenvalue weighted by Gasteiger charge is 2.45. The van der Waals surface area contributed by atoms with Gasteiger partial charge < -0.3 is 25.3 Å². The number of allylic oxidation sites excluding steroid dienone is 1. The minimum atomic E-state index is -4.69. The van der Waals surface area contributed by atoms with Gasteiger partial charge in [0.1, 0.15) is 34.6 Å². The Hall–Kier alpha value is -9.00. The summed E-state index contributed by atoms with van der Waals surface area (Å²) >= 11 is 6.26. The van der Waals surface area contributed by atoms with E-state index >= 15 is 0 Å². The Morgan fingerprint density at radius 2 is 1.72 bits per heavy atom. The molecule has 0 radical (unpaired) electrons. The number of aryl methyl sites for hydroxylation is 1. The van der Waals surface area contributed by atoms with E-state index in [2.05, 4.69) is 76.7 Å². The van der Waals surface area contributed by atoms with Crippen molar-refractivity contribution >= 4 is 90.5 Å². The summed E-state index contributed by atoms with van der Waals surface area (Å²) in [5.41, 5.74) is 6.31. The van der Waals surface area contributed by atoms with Crippen molar-refractivity contribution < 1.29 is 42.1 Å². The topological polar surface area (TPSA) is 289 Å². The minimum absolute atomic E-state index is 0.00838. The van der Waals surface area contributed by atoms with Gasteiger partial charge >= 0.3 is 0 Å². The molecule has 2 saturated heterocycles. The summed E-state index contributed by atoms with van der Waals surface area (Å²) in [6.07, 6.45) is 10.3. The number of nitro benzene ring substituents is 1. The number of fused-ring (bicyclic) bond motifs is 2. The van der Waals surface area contributed by atoms with E-state index in [1.54, 1.807) is 47.4 Å². The van der Waals surface area contributed by atoms with Gasteiger partial charge in [0.2, 0.25) is 11.8 Å². The number of nitrogens with zero attached hydrogens (tertiary/aromatic N) is 8. The third kappa shape index (κ3) is 12.9. The molecule has 1 atom stereocenters. The molecule has 25 heteroatoms. The van der Waals surface area contributed by atoms with Gasteiger partial charge in [-0.3, -0.25) is 53.9 Å². The number of benzene rings is 4. The molecule has 5 amide bonds. The van der Waals surface area contributed by atoms with E-state index in [0.717, 1.165) is 73.4 Å². The Morgan fingerprint density at radius 1 is 0.906 bits per heavy atom. The number of carbonyl (C=O) groups excluding carboxylic acids is 5. The molecule has 1 aliphatic carbocycles. The fraction of sp³-hybridized carbons (Fsp3) is 0.333. The molecule has 0 spiro atoms. The Kier molecular flexibility index (Phi) is 16.5. The molecule has 6 heterocycles. The van der Waals surface area contributed by atoms with E-state index in [9.17, 15) is 42.5 Å². The Labute approximate surface area is 494 Å². The second-order valence-corrected chi connectivity index (χ2v) is 24.5. The number of sulfonamides is 1. The first kappa shape index (κ1) is 57.8. The number of aromatic nitrogens is 5. The van der Waals surface area contributed by atoms with E-state index in [4.69, 9.17) is 16.3 Å². The summed E-state index contributed by atoms with van der Waals surface area (Å²) in [4.78, 5) is 89.2. The van der Waals surface area contributed by atoms with Crippen LogP contribution < -0.4 is 30.3 Å². The van der Waals surface area contributed by atoms with Crippen LogP contribution in [0.1, 0.15) is 108 Å². The molecule has 85 heavy (non-hydrogen) atoms. The van der Waals surface area contributed by atoms with Crippen molar-refractivity contribution in [2.45, 2.75) is 89.2 Å². The van der Waals surface area contributed by atoms with Crippen LogP contribution in [0.3, 0.4) is 0 Å². The minimum Gasteiger partial charge on any atom is -0.455 e. The van der Waals surface area contributed by atoms with Gasteiger partial charge in [-0.2, -0.15) is 0 Å². The summed E-state index contributed by atoms with van der Waals surface area (Å²) in [5, 5.41) is 30.6. The summed E-state index contributed by atoms with van der Waals surface area (Å²) in [5.74, 6) is -2.91. The first-order chi connectivity index (χ1) is 40.9. The first-order valence-corrected chi connectivity index (χ1v) is 30.0. The number of imide groups is 2. The maximum Gasteiger partial charge on any atom is 0.293 e. The van der Waals surface area contributed by atoms with Crippen LogP contribution in [0.2, 0.25) is 5.02 Å². The molecule has 7 aromatic rings. The van der Waals surface area contributed by atoms with Crippen LogP contribution in [0.5, 0.6) is 11.5 Å². The van der Waals surface area contributed by atoms with Crippen LogP contribution in [0.15, 0.2) is 120 Å². The van der Waals surface area contributed by atoms with Gasteiger partial charge in [-0.15, -0.1) is 5.10 Å². The van der Waals surface area contributed by atoms with E-state index in [1.165, 1.54) is 41.1 Å². The summed E-state index contributed by atoms with van der Waals surface area (Å²) in [7, 11) is -4.69. The number of nitrogens with one attached hydrogen (secondary N) is 5. The quantitative estimate of drug-likeness (QED) is 0.0194. The van der Waals surface area contributed by atoms with Crippen molar-refractivity contribution in [1.82, 2.24) is 44.8 Å². The number of nitro groups is 1. The number of H-pyrrole nitrogens is 1. The number of anilines is 3. The highest BCUT2D eigenvalue weighted by atomic mass is 35.5. The van der Waals surface area contributed by atoms with Crippen LogP contribution in [-0.4, -0.2) is 123 Å². The molecule has 11 rings (SSSR count). The van der Waals surface area contributed by atoms with Crippen LogP contribution >= 0.6 is 11.6 Å². The van der Waals surface area contributed by atoms with Crippen molar-refractivity contribution in [3.05, 3.63) is 158 Å². The van der Waals surface area contributed by atoms with Crippen LogP contribution in [0.4, 0.5) is 22.7 Å². The average molecular weight is 1190 g/mol. The Morgan fingerprint density at radius 3 is 2.51 bits per heavy atom. The van der Waals surface area contributed by atoms with Gasteiger partial charge in [0.25, 0.3) is 33.4 Å². The number of piperidine rings is 1. The largest absolute Gasteiger partial charge is 0.455 e. The van der Waals surface area contributed by atoms with Gasteiger partial charge in [0.15, 0.2) is 0 Å². The summed E-state index contributed by atoms with van der Waals surface area (Å²) in [6, 6.07) is 23.8. The molecule has 0 saturated carbocycles. The molecule has 4 aromatic carbocycles. The van der Waals surface area contributed by atoms with Gasteiger partial charge in [-0.1, -0.05) is 54.4 Å². The van der Waals surface area contributed by atoms with Crippen molar-refractivity contribution in [2.75, 3.05) is 54.8 Å². The van der Waals surface area contributed by atoms with Gasteiger partial charge in [0.05, 0.1) is 45.4 Å². The lowest BCUT2D eigenvalue weighted by molar-refractivity contribution is -0.384. The smallest absolute Gasteiger partial charge is 0.293 e. The predicted octanol–water partition coefficient (Wildman–Crippen LogP) is 8.71. The number of ether oxygens (including phenoxy) is 1. The molecule has 3 aliphatic heterocycles. The van der Waals surface area contributed by atoms with Crippen LogP contribution in [0.25, 0.3) is 16.6 Å². The summed E-state index contributed by atoms with van der Waals surface area (Å²) < 4.78 is 38.0. The molecule has 4 aliphatic rings. The monoisotopic (exact) mass is 1190 g/mol. The highest BCUT2D eigenvalue weighted by molar-refractivity contribution is 7.90. The summed E-state index contributed by atoms with van der Waals surface area (Å²) in [6.45, 7) is 9.43. The molecule has 3 aromatic heterocycles. The number of aromatic amines is 1. The fourth-order valence-electron chi connectivity index (χ4n) is 11.4. The molecule has 2 fully saturated rings. The number of hydrogen-bond acceptors (Lipinski definition) is 17. The molecule has 5 N–H and O–H groups in total. The third-order valence-electron chi connectivity index (χ3n) is 15.9. The predicted molar refractivity (Wildman–Crippen MR) is 318 cm³/mol. The molecule has 23 nitrogen and oxygen atoms in total. The lowest BCUT2D eigenvalue weighted by Crippen LogP contribution is -2.54. The number of halogens is 1. The molecule has 440 valence electrons. The number of carbonyl (C=O) groups is 5. The third-order valence-corrected chi connectivity index (χ3v) is 17.5. The number of unbranched alkanes of at least 4 members (excludes halogenated alkanes) is 2. The molecular formula is C60H62ClN13O10S. The Bertz CT molecular complexity index is 3930. The standard InChI is InChI=1S/C60H62ClN13O10S/c1-60(2)21-19-39(47(32-60)37-9-11-40(61)12-10-37)35-70-25-27-71(28-26-70)42-13-15-45(52(30-42)84-43-29-38-20-23-63-55(38)65-34-43)56(76)68-85(82,83)44-14-16-48(51(31-44)74(80)81)64-33-41-36-72(69-67-41)24-5-3-4-22-62-49-8-6-7-46-54(49)59(79)73(58(46)78)50-17-18-53(75)66-57(50)77/h6-16,20,23,29-31,34,36,50,62,64H,3-5,17-19,21-22,24-28,32-33,35H2,1-2H3,(H,63,65)(H,68,76)(H,66,75,77). The molecule has 1 unspecified atom stereocenters. The van der Waals surface area contributed by atoms with E-state index in [0.29, 0.717) is 66.8 Å². The zero-order valence-corrected chi connectivity index (χ0v) is 48.3. The van der Waals surface area contributed by atoms with Crippen LogP contribution in [-0.2, 0) is 32.7 Å². The number of piperazine rings is 1. The zero-order valence-electron chi connectivity index (χ0n) is 46.7. The lowest BCUT2D eigenvalue weighted by atomic mass is 9.72. The normalized spacial score (nSPS) is 17.3. The second-order valence-electron chi connectivity index (χ2n) is 22.4. The van der Waals surface area contributed by atoms with Crippen LogP contribution in [0, 0.1) is 15.5 Å². The fourth-order valence-corrected chi connectivity index (χ4v) is 12.5. The van der Waals surface area contributed by atoms with Crippen molar-refractivity contribution in [1.29, 1.82) is 0 Å². The van der Waals surface area contributed by atoms with Crippen molar-refractivity contribution in [2.24, 2.45) is 5.41 Å². The van der Waals surface area contributed by atoms with Gasteiger partial charge in [-0.05, 0) is 122 Å². The average Bonchev–Trinajstić information content (AvgIpc) is 3.21.